The molecule has 0 aliphatic carbocycles. The third-order valence-electron chi connectivity index (χ3n) is 4.87. The average molecular weight is 320 g/mol. The molecule has 0 amide bonds. The Hall–Kier alpha value is -2.42. The van der Waals surface area contributed by atoms with Gasteiger partial charge >= 0.3 is 0 Å². The van der Waals surface area contributed by atoms with Crippen LogP contribution in [0.3, 0.4) is 0 Å². The number of hydrogen-bond acceptors (Lipinski definition) is 5. The van der Waals surface area contributed by atoms with Gasteiger partial charge in [-0.2, -0.15) is 5.26 Å². The summed E-state index contributed by atoms with van der Waals surface area (Å²) >= 11 is 0. The number of morpholine rings is 1. The van der Waals surface area contributed by atoms with Crippen LogP contribution in [0.25, 0.3) is 0 Å². The first-order chi connectivity index (χ1) is 11.8. The van der Waals surface area contributed by atoms with Crippen molar-refractivity contribution in [2.45, 2.75) is 18.7 Å². The number of pyridine rings is 1. The van der Waals surface area contributed by atoms with Crippen LogP contribution in [0.15, 0.2) is 48.7 Å². The van der Waals surface area contributed by atoms with Crippen LogP contribution in [0.1, 0.15) is 11.3 Å². The van der Waals surface area contributed by atoms with Gasteiger partial charge in [0.2, 0.25) is 0 Å². The Labute approximate surface area is 142 Å². The van der Waals surface area contributed by atoms with Gasteiger partial charge in [-0.05, 0) is 17.7 Å². The van der Waals surface area contributed by atoms with Crippen LogP contribution in [0.4, 0.5) is 5.69 Å². The van der Waals surface area contributed by atoms with Gasteiger partial charge in [-0.3, -0.25) is 4.90 Å². The van der Waals surface area contributed by atoms with Crippen molar-refractivity contribution >= 4 is 5.69 Å². The fourth-order valence-electron chi connectivity index (χ4n) is 3.62. The van der Waals surface area contributed by atoms with Crippen molar-refractivity contribution in [1.82, 2.24) is 9.88 Å². The van der Waals surface area contributed by atoms with Crippen molar-refractivity contribution < 1.29 is 4.74 Å². The number of aromatic nitrogens is 1. The van der Waals surface area contributed by atoms with E-state index in [2.05, 4.69) is 51.2 Å². The number of nitriles is 1. The van der Waals surface area contributed by atoms with Crippen LogP contribution in [0.5, 0.6) is 0 Å². The minimum Gasteiger partial charge on any atom is -0.373 e. The Morgan fingerprint density at radius 1 is 1.17 bits per heavy atom. The van der Waals surface area contributed by atoms with Crippen LogP contribution in [-0.4, -0.2) is 48.3 Å². The predicted octanol–water partition coefficient (Wildman–Crippen LogP) is 2.04. The second-order valence-electron chi connectivity index (χ2n) is 6.35. The van der Waals surface area contributed by atoms with Crippen molar-refractivity contribution in [3.05, 3.63) is 59.9 Å². The Bertz CT molecular complexity index is 725. The molecule has 2 atom stereocenters. The molecule has 2 aromatic rings. The molecule has 0 saturated carbocycles. The van der Waals surface area contributed by atoms with Crippen molar-refractivity contribution in [3.8, 4) is 6.07 Å². The Morgan fingerprint density at radius 3 is 2.79 bits per heavy atom. The summed E-state index contributed by atoms with van der Waals surface area (Å²) in [5.41, 5.74) is 2.86. The molecule has 5 heteroatoms. The summed E-state index contributed by atoms with van der Waals surface area (Å²) in [7, 11) is 0. The lowest BCUT2D eigenvalue weighted by molar-refractivity contribution is -0.0499. The van der Waals surface area contributed by atoms with E-state index in [0.29, 0.717) is 11.7 Å². The van der Waals surface area contributed by atoms with Gasteiger partial charge in [0.05, 0.1) is 30.6 Å². The number of benzene rings is 1. The standard InChI is InChI=1S/C19H20N4O/c20-10-16-6-7-17(11-21-16)23-13-18-19(14-23)24-9-8-22(18)12-15-4-2-1-3-5-15/h1-7,11,18-19H,8-9,12-14H2/t18-,19-/m1/s1. The number of hydrogen-bond donors (Lipinski definition) is 0. The van der Waals surface area contributed by atoms with E-state index in [1.807, 2.05) is 6.07 Å². The van der Waals surface area contributed by atoms with E-state index in [1.165, 1.54) is 5.56 Å². The molecule has 1 aromatic heterocycles. The summed E-state index contributed by atoms with van der Waals surface area (Å²) in [5, 5.41) is 8.88. The molecule has 0 spiro atoms. The van der Waals surface area contributed by atoms with Crippen molar-refractivity contribution in [3.63, 3.8) is 0 Å². The molecular weight excluding hydrogens is 300 g/mol. The summed E-state index contributed by atoms with van der Waals surface area (Å²) in [6.45, 7) is 4.53. The molecule has 2 fully saturated rings. The highest BCUT2D eigenvalue weighted by molar-refractivity contribution is 5.48. The highest BCUT2D eigenvalue weighted by atomic mass is 16.5. The van der Waals surface area contributed by atoms with Crippen LogP contribution in [-0.2, 0) is 11.3 Å². The third-order valence-corrected chi connectivity index (χ3v) is 4.87. The molecule has 0 radical (unpaired) electrons. The number of fused-ring (bicyclic) bond motifs is 1. The third kappa shape index (κ3) is 2.99. The van der Waals surface area contributed by atoms with Gasteiger partial charge in [0.15, 0.2) is 0 Å². The molecule has 122 valence electrons. The second kappa shape index (κ2) is 6.60. The number of rotatable bonds is 3. The largest absolute Gasteiger partial charge is 0.373 e. The van der Waals surface area contributed by atoms with Gasteiger partial charge < -0.3 is 9.64 Å². The lowest BCUT2D eigenvalue weighted by Crippen LogP contribution is -2.50. The molecule has 0 unspecified atom stereocenters. The van der Waals surface area contributed by atoms with Crippen LogP contribution < -0.4 is 4.90 Å². The average Bonchev–Trinajstić information content (AvgIpc) is 3.08. The lowest BCUT2D eigenvalue weighted by atomic mass is 10.1. The molecule has 1 aromatic carbocycles. The molecule has 3 heterocycles. The van der Waals surface area contributed by atoms with Crippen LogP contribution >= 0.6 is 0 Å². The van der Waals surface area contributed by atoms with Gasteiger partial charge in [-0.25, -0.2) is 4.98 Å². The zero-order valence-corrected chi connectivity index (χ0v) is 13.5. The quantitative estimate of drug-likeness (QED) is 0.866. The summed E-state index contributed by atoms with van der Waals surface area (Å²) in [5.74, 6) is 0. The maximum Gasteiger partial charge on any atom is 0.140 e. The van der Waals surface area contributed by atoms with Crippen molar-refractivity contribution in [2.75, 3.05) is 31.1 Å². The monoisotopic (exact) mass is 320 g/mol. The maximum atomic E-state index is 8.88. The van der Waals surface area contributed by atoms with Crippen LogP contribution in [0.2, 0.25) is 0 Å². The number of nitrogens with zero attached hydrogens (tertiary/aromatic N) is 4. The lowest BCUT2D eigenvalue weighted by Gasteiger charge is -2.36. The fourth-order valence-corrected chi connectivity index (χ4v) is 3.62. The summed E-state index contributed by atoms with van der Waals surface area (Å²) in [6.07, 6.45) is 2.02. The van der Waals surface area contributed by atoms with Crippen molar-refractivity contribution in [1.29, 1.82) is 5.26 Å². The second-order valence-corrected chi connectivity index (χ2v) is 6.35. The molecule has 5 nitrogen and oxygen atoms in total. The zero-order valence-electron chi connectivity index (χ0n) is 13.5. The molecule has 2 saturated heterocycles. The van der Waals surface area contributed by atoms with Gasteiger partial charge in [-0.15, -0.1) is 0 Å². The molecule has 0 bridgehead atoms. The Kier molecular flexibility index (Phi) is 4.16. The SMILES string of the molecule is N#Cc1ccc(N2C[C@@H]3[C@@H](C2)OCCN3Cc2ccccc2)cn1. The maximum absolute atomic E-state index is 8.88. The van der Waals surface area contributed by atoms with E-state index < -0.39 is 0 Å². The van der Waals surface area contributed by atoms with E-state index in [1.54, 1.807) is 12.3 Å². The number of ether oxygens (including phenoxy) is 1. The number of anilines is 1. The molecule has 2 aliphatic rings. The highest BCUT2D eigenvalue weighted by Gasteiger charge is 2.40. The predicted molar refractivity (Wildman–Crippen MR) is 91.5 cm³/mol. The van der Waals surface area contributed by atoms with E-state index >= 15 is 0 Å². The Morgan fingerprint density at radius 2 is 2.04 bits per heavy atom. The first kappa shape index (κ1) is 15.1. The molecule has 4 rings (SSSR count). The first-order valence-corrected chi connectivity index (χ1v) is 8.34. The van der Waals surface area contributed by atoms with Crippen LogP contribution in [0, 0.1) is 11.3 Å². The Balaban J connectivity index is 1.48. The van der Waals surface area contributed by atoms with Crippen molar-refractivity contribution in [2.24, 2.45) is 0 Å². The van der Waals surface area contributed by atoms with Gasteiger partial charge in [0.1, 0.15) is 11.8 Å². The molecule has 0 N–H and O–H groups in total. The summed E-state index contributed by atoms with van der Waals surface area (Å²) in [6, 6.07) is 16.8. The topological polar surface area (TPSA) is 52.4 Å². The van der Waals surface area contributed by atoms with E-state index in [-0.39, 0.29) is 6.10 Å². The highest BCUT2D eigenvalue weighted by Crippen LogP contribution is 2.28. The van der Waals surface area contributed by atoms with Gasteiger partial charge in [0.25, 0.3) is 0 Å². The summed E-state index contributed by atoms with van der Waals surface area (Å²) < 4.78 is 6.01. The normalized spacial score (nSPS) is 23.7. The molecule has 2 aliphatic heterocycles. The van der Waals surface area contributed by atoms with E-state index in [4.69, 9.17) is 10.00 Å². The zero-order chi connectivity index (χ0) is 16.4. The molecular formula is C19H20N4O. The minimum atomic E-state index is 0.234. The van der Waals surface area contributed by atoms with E-state index in [0.717, 1.165) is 38.5 Å². The smallest absolute Gasteiger partial charge is 0.140 e. The van der Waals surface area contributed by atoms with Gasteiger partial charge in [0, 0.05) is 26.2 Å². The fraction of sp³-hybridized carbons (Fsp3) is 0.368. The first-order valence-electron chi connectivity index (χ1n) is 8.34. The minimum absolute atomic E-state index is 0.234. The summed E-state index contributed by atoms with van der Waals surface area (Å²) in [4.78, 5) is 9.03. The molecule has 24 heavy (non-hydrogen) atoms. The van der Waals surface area contributed by atoms with E-state index in [9.17, 15) is 0 Å². The van der Waals surface area contributed by atoms with Gasteiger partial charge in [-0.1, -0.05) is 30.3 Å².